The van der Waals surface area contributed by atoms with Crippen LogP contribution in [0, 0.1) is 17.3 Å². The van der Waals surface area contributed by atoms with Gasteiger partial charge in [-0.05, 0) is 62.5 Å². The van der Waals surface area contributed by atoms with E-state index in [1.54, 1.807) is 38.6 Å². The van der Waals surface area contributed by atoms with Gasteiger partial charge in [0.05, 0.1) is 37.1 Å². The number of hydrogen-bond acceptors (Lipinski definition) is 6. The molecule has 0 unspecified atom stereocenters. The molecule has 0 saturated heterocycles. The fraction of sp³-hybridized carbons (Fsp3) is 0.522. The Bertz CT molecular complexity index is 1130. The van der Waals surface area contributed by atoms with Crippen LogP contribution in [-0.4, -0.2) is 35.1 Å². The van der Waals surface area contributed by atoms with E-state index in [9.17, 15) is 14.7 Å². The monoisotopic (exact) mass is 459 g/mol. The van der Waals surface area contributed by atoms with Gasteiger partial charge in [0.1, 0.15) is 5.02 Å². The van der Waals surface area contributed by atoms with Crippen LogP contribution in [0.1, 0.15) is 38.5 Å². The number of benzene rings is 1. The molecule has 4 fully saturated rings. The molecule has 8 nitrogen and oxygen atoms in total. The molecule has 4 aliphatic carbocycles. The standard InChI is InChI=1S/C23H26ClN3O5/c1-31-17-4-3-15(6-18(17)32-2)26-16-11-25-27(20(28)19(16)24)23-9-13-5-14(10-23)8-22(7-13,12-23)21(29)30/h3-4,6,11,13-14,26H,5,7-10,12H2,1-2H3,(H,29,30)/t13-,14-,22?,23?/m1/s1. The molecular weight excluding hydrogens is 434 g/mol. The van der Waals surface area contributed by atoms with E-state index < -0.39 is 16.9 Å². The molecule has 0 spiro atoms. The molecule has 9 heteroatoms. The molecular formula is C23H26ClN3O5. The van der Waals surface area contributed by atoms with Crippen LogP contribution >= 0.6 is 11.6 Å². The van der Waals surface area contributed by atoms with Crippen LogP contribution in [0.3, 0.4) is 0 Å². The molecule has 1 aromatic heterocycles. The van der Waals surface area contributed by atoms with Gasteiger partial charge in [0.15, 0.2) is 11.5 Å². The maximum Gasteiger partial charge on any atom is 0.309 e. The van der Waals surface area contributed by atoms with Gasteiger partial charge < -0.3 is 19.9 Å². The van der Waals surface area contributed by atoms with Crippen LogP contribution in [0.2, 0.25) is 5.02 Å². The Kier molecular flexibility index (Phi) is 4.89. The van der Waals surface area contributed by atoms with Gasteiger partial charge in [-0.25, -0.2) is 4.68 Å². The number of carbonyl (C=O) groups is 1. The molecule has 170 valence electrons. The Morgan fingerprint density at radius 2 is 1.88 bits per heavy atom. The molecule has 6 rings (SSSR count). The van der Waals surface area contributed by atoms with E-state index in [0.29, 0.717) is 54.0 Å². The smallest absolute Gasteiger partial charge is 0.309 e. The zero-order valence-corrected chi connectivity index (χ0v) is 18.8. The highest BCUT2D eigenvalue weighted by Crippen LogP contribution is 2.63. The third kappa shape index (κ3) is 3.15. The summed E-state index contributed by atoms with van der Waals surface area (Å²) in [4.78, 5) is 25.5. The molecule has 2 aromatic rings. The Hall–Kier alpha value is -2.74. The van der Waals surface area contributed by atoms with Gasteiger partial charge in [-0.3, -0.25) is 9.59 Å². The Morgan fingerprint density at radius 1 is 1.19 bits per heavy atom. The minimum atomic E-state index is -0.756. The lowest BCUT2D eigenvalue weighted by Gasteiger charge is -2.60. The second kappa shape index (κ2) is 7.40. The molecule has 4 bridgehead atoms. The van der Waals surface area contributed by atoms with Gasteiger partial charge in [-0.15, -0.1) is 0 Å². The van der Waals surface area contributed by atoms with Gasteiger partial charge in [0, 0.05) is 11.8 Å². The van der Waals surface area contributed by atoms with Crippen molar-refractivity contribution >= 4 is 28.9 Å². The molecule has 0 amide bonds. The lowest BCUT2D eigenvalue weighted by atomic mass is 9.47. The predicted octanol–water partition coefficient (Wildman–Crippen LogP) is 4.04. The zero-order chi connectivity index (χ0) is 22.7. The molecule has 4 saturated carbocycles. The number of ether oxygens (including phenoxy) is 2. The van der Waals surface area contributed by atoms with E-state index in [-0.39, 0.29) is 10.6 Å². The number of nitrogens with one attached hydrogen (secondary N) is 1. The maximum atomic E-state index is 13.3. The number of rotatable bonds is 6. The van der Waals surface area contributed by atoms with E-state index >= 15 is 0 Å². The zero-order valence-electron chi connectivity index (χ0n) is 18.1. The first kappa shape index (κ1) is 21.1. The fourth-order valence-corrected chi connectivity index (χ4v) is 6.82. The third-order valence-electron chi connectivity index (χ3n) is 7.51. The van der Waals surface area contributed by atoms with Crippen molar-refractivity contribution in [3.63, 3.8) is 0 Å². The summed E-state index contributed by atoms with van der Waals surface area (Å²) in [6.07, 6.45) is 5.98. The summed E-state index contributed by atoms with van der Waals surface area (Å²) in [7, 11) is 3.11. The lowest BCUT2D eigenvalue weighted by Crippen LogP contribution is -2.61. The van der Waals surface area contributed by atoms with E-state index in [1.807, 2.05) is 0 Å². The Labute approximate surface area is 190 Å². The number of carboxylic acid groups (broad SMARTS) is 1. The van der Waals surface area contributed by atoms with Crippen LogP contribution in [0.15, 0.2) is 29.2 Å². The first-order valence-electron chi connectivity index (χ1n) is 10.8. The second-order valence-corrected chi connectivity index (χ2v) is 9.93. The van der Waals surface area contributed by atoms with Crippen molar-refractivity contribution in [2.45, 2.75) is 44.1 Å². The normalized spacial score (nSPS) is 30.2. The summed E-state index contributed by atoms with van der Waals surface area (Å²) in [5, 5.41) is 17.7. The minimum absolute atomic E-state index is 0.0369. The second-order valence-electron chi connectivity index (χ2n) is 9.55. The summed E-state index contributed by atoms with van der Waals surface area (Å²) >= 11 is 6.51. The lowest BCUT2D eigenvalue weighted by molar-refractivity contribution is -0.173. The SMILES string of the molecule is COc1ccc(Nc2cnn(C34C[C@@H]5C[C@H](CC(C(=O)O)(C5)C3)C4)c(=O)c2Cl)cc1OC. The molecule has 1 heterocycles. The molecule has 2 atom stereocenters. The number of carboxylic acids is 1. The topological polar surface area (TPSA) is 103 Å². The third-order valence-corrected chi connectivity index (χ3v) is 7.88. The van der Waals surface area contributed by atoms with Gasteiger partial charge >= 0.3 is 5.97 Å². The van der Waals surface area contributed by atoms with E-state index in [1.165, 1.54) is 4.68 Å². The summed E-state index contributed by atoms with van der Waals surface area (Å²) in [6, 6.07) is 5.29. The highest BCUT2D eigenvalue weighted by molar-refractivity contribution is 6.33. The summed E-state index contributed by atoms with van der Waals surface area (Å²) in [6.45, 7) is 0. The van der Waals surface area contributed by atoms with Gasteiger partial charge in [0.25, 0.3) is 5.56 Å². The van der Waals surface area contributed by atoms with Crippen LogP contribution < -0.4 is 20.3 Å². The Balaban J connectivity index is 1.49. The van der Waals surface area contributed by atoms with Crippen molar-refractivity contribution in [2.24, 2.45) is 17.3 Å². The van der Waals surface area contributed by atoms with Crippen molar-refractivity contribution in [1.82, 2.24) is 9.78 Å². The number of hydrogen-bond donors (Lipinski definition) is 2. The first-order valence-corrected chi connectivity index (χ1v) is 11.2. The van der Waals surface area contributed by atoms with Crippen molar-refractivity contribution in [3.05, 3.63) is 39.8 Å². The number of halogens is 1. The van der Waals surface area contributed by atoms with Crippen LogP contribution in [0.25, 0.3) is 0 Å². The molecule has 0 aliphatic heterocycles. The molecule has 32 heavy (non-hydrogen) atoms. The summed E-state index contributed by atoms with van der Waals surface area (Å²) in [5.41, 5.74) is -0.667. The average molecular weight is 460 g/mol. The quantitative estimate of drug-likeness (QED) is 0.672. The minimum Gasteiger partial charge on any atom is -0.493 e. The number of aromatic nitrogens is 2. The van der Waals surface area contributed by atoms with E-state index in [4.69, 9.17) is 21.1 Å². The van der Waals surface area contributed by atoms with Crippen LogP contribution in [-0.2, 0) is 10.3 Å². The van der Waals surface area contributed by atoms with Crippen LogP contribution in [0.4, 0.5) is 11.4 Å². The number of methoxy groups -OCH3 is 2. The van der Waals surface area contributed by atoms with Gasteiger partial charge in [-0.2, -0.15) is 5.10 Å². The largest absolute Gasteiger partial charge is 0.493 e. The van der Waals surface area contributed by atoms with Crippen LogP contribution in [0.5, 0.6) is 11.5 Å². The van der Waals surface area contributed by atoms with Gasteiger partial charge in [-0.1, -0.05) is 11.6 Å². The predicted molar refractivity (Wildman–Crippen MR) is 119 cm³/mol. The van der Waals surface area contributed by atoms with Crippen molar-refractivity contribution in [3.8, 4) is 11.5 Å². The first-order chi connectivity index (χ1) is 15.3. The molecule has 2 N–H and O–H groups in total. The number of anilines is 2. The van der Waals surface area contributed by atoms with Crippen molar-refractivity contribution < 1.29 is 19.4 Å². The van der Waals surface area contributed by atoms with E-state index in [0.717, 1.165) is 19.3 Å². The van der Waals surface area contributed by atoms with E-state index in [2.05, 4.69) is 10.4 Å². The molecule has 1 aromatic carbocycles. The molecule has 4 aliphatic rings. The number of aliphatic carboxylic acids is 1. The van der Waals surface area contributed by atoms with Gasteiger partial charge in [0.2, 0.25) is 0 Å². The fourth-order valence-electron chi connectivity index (χ4n) is 6.64. The summed E-state index contributed by atoms with van der Waals surface area (Å²) in [5.74, 6) is 1.00. The summed E-state index contributed by atoms with van der Waals surface area (Å²) < 4.78 is 12.1. The Morgan fingerprint density at radius 3 is 2.50 bits per heavy atom. The maximum absolute atomic E-state index is 13.3. The number of nitrogens with zero attached hydrogens (tertiary/aromatic N) is 2. The van der Waals surface area contributed by atoms with Crippen molar-refractivity contribution in [1.29, 1.82) is 0 Å². The van der Waals surface area contributed by atoms with Crippen molar-refractivity contribution in [2.75, 3.05) is 19.5 Å². The highest BCUT2D eigenvalue weighted by Gasteiger charge is 2.62. The molecule has 0 radical (unpaired) electrons. The highest BCUT2D eigenvalue weighted by atomic mass is 35.5. The average Bonchev–Trinajstić information content (AvgIpc) is 2.75.